The summed E-state index contributed by atoms with van der Waals surface area (Å²) in [4.78, 5) is 26.3. The smallest absolute Gasteiger partial charge is 0.336 e. The van der Waals surface area contributed by atoms with Crippen LogP contribution in [0.4, 0.5) is 4.39 Å². The third kappa shape index (κ3) is 4.98. The van der Waals surface area contributed by atoms with Gasteiger partial charge in [-0.15, -0.1) is 0 Å². The molecule has 36 heavy (non-hydrogen) atoms. The summed E-state index contributed by atoms with van der Waals surface area (Å²) in [6.07, 6.45) is 2.44. The lowest BCUT2D eigenvalue weighted by atomic mass is 9.66. The van der Waals surface area contributed by atoms with E-state index < -0.39 is 23.6 Å². The van der Waals surface area contributed by atoms with Gasteiger partial charge in [0.2, 0.25) is 0 Å². The zero-order chi connectivity index (χ0) is 26.2. The van der Waals surface area contributed by atoms with E-state index in [0.717, 1.165) is 11.3 Å². The summed E-state index contributed by atoms with van der Waals surface area (Å²) >= 11 is 6.12. The van der Waals surface area contributed by atoms with Gasteiger partial charge in [0.1, 0.15) is 29.7 Å². The molecule has 6 nitrogen and oxygen atoms in total. The minimum atomic E-state index is -0.551. The molecule has 0 saturated carbocycles. The number of ether oxygens (including phenoxy) is 3. The van der Waals surface area contributed by atoms with Gasteiger partial charge in [0.05, 0.1) is 30.7 Å². The molecule has 2 atom stereocenters. The highest BCUT2D eigenvalue weighted by molar-refractivity contribution is 6.32. The topological polar surface area (TPSA) is 73.9 Å². The number of allylic oxidation sites excluding steroid dienone is 3. The van der Waals surface area contributed by atoms with Crippen molar-refractivity contribution in [3.05, 3.63) is 81.4 Å². The Hall–Kier alpha value is -3.32. The van der Waals surface area contributed by atoms with Crippen molar-refractivity contribution in [2.75, 3.05) is 14.2 Å². The minimum absolute atomic E-state index is 0.0515. The molecule has 0 saturated heterocycles. The van der Waals surface area contributed by atoms with Crippen LogP contribution in [0.15, 0.2) is 59.4 Å². The highest BCUT2D eigenvalue weighted by atomic mass is 35.5. The van der Waals surface area contributed by atoms with Crippen molar-refractivity contribution >= 4 is 23.4 Å². The average Bonchev–Trinajstić information content (AvgIpc) is 2.81. The maximum atomic E-state index is 13.4. The van der Waals surface area contributed by atoms with Crippen LogP contribution in [0, 0.1) is 17.2 Å². The van der Waals surface area contributed by atoms with Crippen LogP contribution >= 0.6 is 11.6 Å². The van der Waals surface area contributed by atoms with E-state index in [9.17, 15) is 14.0 Å². The molecular formula is C28H29ClFNO5. The quantitative estimate of drug-likeness (QED) is 0.499. The molecule has 2 aliphatic rings. The second-order valence-corrected chi connectivity index (χ2v) is 10.2. The predicted molar refractivity (Wildman–Crippen MR) is 134 cm³/mol. The first-order chi connectivity index (χ1) is 17.0. The van der Waals surface area contributed by atoms with Crippen LogP contribution in [0.5, 0.6) is 11.5 Å². The van der Waals surface area contributed by atoms with Crippen molar-refractivity contribution in [2.45, 2.75) is 39.7 Å². The maximum Gasteiger partial charge on any atom is 0.336 e. The minimum Gasteiger partial charge on any atom is -0.496 e. The zero-order valence-corrected chi connectivity index (χ0v) is 21.7. The van der Waals surface area contributed by atoms with Gasteiger partial charge >= 0.3 is 5.97 Å². The van der Waals surface area contributed by atoms with Gasteiger partial charge in [-0.05, 0) is 48.2 Å². The van der Waals surface area contributed by atoms with Crippen molar-refractivity contribution in [2.24, 2.45) is 11.3 Å². The van der Waals surface area contributed by atoms with E-state index in [1.54, 1.807) is 13.2 Å². The molecule has 1 aliphatic heterocycles. The third-order valence-corrected chi connectivity index (χ3v) is 6.88. The van der Waals surface area contributed by atoms with Crippen LogP contribution < -0.4 is 14.8 Å². The summed E-state index contributed by atoms with van der Waals surface area (Å²) < 4.78 is 29.9. The van der Waals surface area contributed by atoms with Gasteiger partial charge in [0, 0.05) is 29.3 Å². The molecule has 1 aliphatic carbocycles. The lowest BCUT2D eigenvalue weighted by molar-refractivity contribution is -0.136. The Kier molecular flexibility index (Phi) is 7.14. The van der Waals surface area contributed by atoms with Crippen LogP contribution in [0.1, 0.15) is 44.2 Å². The molecule has 0 spiro atoms. The number of benzene rings is 2. The van der Waals surface area contributed by atoms with Gasteiger partial charge in [0.15, 0.2) is 0 Å². The van der Waals surface area contributed by atoms with E-state index in [1.165, 1.54) is 25.3 Å². The average molecular weight is 514 g/mol. The maximum absolute atomic E-state index is 13.4. The zero-order valence-electron chi connectivity index (χ0n) is 20.9. The molecule has 0 fully saturated rings. The molecule has 190 valence electrons. The van der Waals surface area contributed by atoms with E-state index in [4.69, 9.17) is 25.8 Å². The van der Waals surface area contributed by atoms with Crippen molar-refractivity contribution < 1.29 is 28.2 Å². The van der Waals surface area contributed by atoms with Crippen molar-refractivity contribution in [3.8, 4) is 11.5 Å². The molecule has 4 rings (SSSR count). The Morgan fingerprint density at radius 1 is 1.14 bits per heavy atom. The van der Waals surface area contributed by atoms with E-state index in [0.29, 0.717) is 34.8 Å². The summed E-state index contributed by atoms with van der Waals surface area (Å²) in [5, 5.41) is 3.44. The summed E-state index contributed by atoms with van der Waals surface area (Å²) in [5.41, 5.74) is 2.99. The van der Waals surface area contributed by atoms with Gasteiger partial charge < -0.3 is 19.5 Å². The number of ketones is 1. The van der Waals surface area contributed by atoms with E-state index in [2.05, 4.69) is 11.4 Å². The molecule has 2 aromatic carbocycles. The summed E-state index contributed by atoms with van der Waals surface area (Å²) in [5.74, 6) is -1.10. The standard InChI is InChI=1S/C28H29ClFNO5/c1-15-24(27(33)35-5)25(26-20(31-15)12-28(2,3)13-21(26)32)16-6-8-22(34-4)17(10-16)14-36-23-9-7-18(30)11-19(23)29/h6-12,25-26,31H,13-14H2,1-5H3. The number of esters is 1. The fourth-order valence-electron chi connectivity index (χ4n) is 5.06. The number of carbonyl (C=O) groups excluding carboxylic acids is 2. The van der Waals surface area contributed by atoms with Crippen molar-refractivity contribution in [3.63, 3.8) is 0 Å². The number of hydrogen-bond acceptors (Lipinski definition) is 6. The van der Waals surface area contributed by atoms with Crippen LogP contribution in [0.25, 0.3) is 0 Å². The molecule has 1 N–H and O–H groups in total. The van der Waals surface area contributed by atoms with E-state index >= 15 is 0 Å². The van der Waals surface area contributed by atoms with Gasteiger partial charge in [-0.1, -0.05) is 37.6 Å². The highest BCUT2D eigenvalue weighted by Gasteiger charge is 2.46. The normalized spacial score (nSPS) is 20.8. The van der Waals surface area contributed by atoms with Crippen LogP contribution in [-0.4, -0.2) is 26.0 Å². The predicted octanol–water partition coefficient (Wildman–Crippen LogP) is 5.70. The molecule has 0 radical (unpaired) electrons. The van der Waals surface area contributed by atoms with E-state index in [1.807, 2.05) is 32.9 Å². The summed E-state index contributed by atoms with van der Waals surface area (Å²) in [7, 11) is 2.88. The molecule has 2 unspecified atom stereocenters. The first-order valence-electron chi connectivity index (χ1n) is 11.6. The Balaban J connectivity index is 1.78. The van der Waals surface area contributed by atoms with Crippen LogP contribution in [0.3, 0.4) is 0 Å². The molecule has 8 heteroatoms. The number of fused-ring (bicyclic) bond motifs is 1. The fourth-order valence-corrected chi connectivity index (χ4v) is 5.28. The first kappa shape index (κ1) is 25.8. The molecule has 1 heterocycles. The molecule has 0 aromatic heterocycles. The van der Waals surface area contributed by atoms with Crippen LogP contribution in [0.2, 0.25) is 5.02 Å². The molecule has 0 amide bonds. The van der Waals surface area contributed by atoms with E-state index in [-0.39, 0.29) is 22.8 Å². The van der Waals surface area contributed by atoms with Gasteiger partial charge in [-0.2, -0.15) is 0 Å². The summed E-state index contributed by atoms with van der Waals surface area (Å²) in [6, 6.07) is 9.41. The van der Waals surface area contributed by atoms with Crippen molar-refractivity contribution in [1.82, 2.24) is 5.32 Å². The molecular weight excluding hydrogens is 485 g/mol. The lowest BCUT2D eigenvalue weighted by Crippen LogP contribution is -2.43. The number of nitrogens with one attached hydrogen (secondary N) is 1. The number of halogens is 2. The lowest BCUT2D eigenvalue weighted by Gasteiger charge is -2.41. The van der Waals surface area contributed by atoms with Gasteiger partial charge in [0.25, 0.3) is 0 Å². The molecule has 2 aromatic rings. The molecule has 0 bridgehead atoms. The second kappa shape index (κ2) is 9.97. The SMILES string of the molecule is COC(=O)C1=C(C)NC2=CC(C)(C)CC(=O)C2C1c1ccc(OC)c(COc2ccc(F)cc2Cl)c1. The first-order valence-corrected chi connectivity index (χ1v) is 12.0. The third-order valence-electron chi connectivity index (χ3n) is 6.58. The Bertz CT molecular complexity index is 1280. The Labute approximate surface area is 215 Å². The second-order valence-electron chi connectivity index (χ2n) is 9.78. The fraction of sp³-hybridized carbons (Fsp3) is 0.357. The van der Waals surface area contributed by atoms with Gasteiger partial charge in [-0.3, -0.25) is 4.79 Å². The summed E-state index contributed by atoms with van der Waals surface area (Å²) in [6.45, 7) is 5.93. The largest absolute Gasteiger partial charge is 0.496 e. The van der Waals surface area contributed by atoms with Crippen molar-refractivity contribution in [1.29, 1.82) is 0 Å². The van der Waals surface area contributed by atoms with Gasteiger partial charge in [-0.25, -0.2) is 9.18 Å². The van der Waals surface area contributed by atoms with Crippen LogP contribution in [-0.2, 0) is 20.9 Å². The Morgan fingerprint density at radius 3 is 2.53 bits per heavy atom. The number of hydrogen-bond donors (Lipinski definition) is 1. The number of Topliss-reactive ketones (excluding diaryl/α,β-unsaturated/α-hetero) is 1. The highest BCUT2D eigenvalue weighted by Crippen LogP contribution is 2.47. The number of carbonyl (C=O) groups is 2. The Morgan fingerprint density at radius 2 is 1.86 bits per heavy atom. The monoisotopic (exact) mass is 513 g/mol. The number of rotatable bonds is 6. The number of methoxy groups -OCH3 is 2.